The molecule has 0 saturated heterocycles. The standard InChI is InChI=1S/C52H86O6/c1-4-7-10-13-16-19-22-24-25-26-28-30-33-36-39-42-45-51(54)57-48-49(47-56-50(53)44-41-38-35-32-29-21-18-15-12-9-6-3)58-52(55)46-43-40-37-34-31-27-23-20-17-14-11-8-5-2/h7-8,10-11,14-20,23-25,49H,4-6,9,12-13,21-22,26-48H2,1-3H3/b10-7-,11-8-,17-14-,18-15-,19-16-,23-20-,25-24-. The number of allylic oxidation sites excluding steroid dienone is 14. The second-order valence-electron chi connectivity index (χ2n) is 15.3. The van der Waals surface area contributed by atoms with Crippen LogP contribution in [0, 0.1) is 0 Å². The first-order valence-electron chi connectivity index (χ1n) is 23.6. The minimum atomic E-state index is -0.794. The molecule has 0 spiro atoms. The van der Waals surface area contributed by atoms with E-state index in [2.05, 4.69) is 106 Å². The highest BCUT2D eigenvalue weighted by atomic mass is 16.6. The third-order valence-electron chi connectivity index (χ3n) is 9.68. The Morgan fingerprint density at radius 2 is 0.759 bits per heavy atom. The number of hydrogen-bond acceptors (Lipinski definition) is 6. The van der Waals surface area contributed by atoms with Gasteiger partial charge in [0.25, 0.3) is 0 Å². The molecule has 6 nitrogen and oxygen atoms in total. The first kappa shape index (κ1) is 54.6. The van der Waals surface area contributed by atoms with Crippen LogP contribution in [-0.2, 0) is 28.6 Å². The molecule has 0 amide bonds. The Labute approximate surface area is 356 Å². The fraction of sp³-hybridized carbons (Fsp3) is 0.673. The van der Waals surface area contributed by atoms with Crippen LogP contribution in [0.2, 0.25) is 0 Å². The molecule has 0 aromatic heterocycles. The van der Waals surface area contributed by atoms with E-state index in [1.165, 1.54) is 44.9 Å². The van der Waals surface area contributed by atoms with Crippen LogP contribution in [0.1, 0.15) is 207 Å². The van der Waals surface area contributed by atoms with Gasteiger partial charge in [0.2, 0.25) is 0 Å². The van der Waals surface area contributed by atoms with E-state index in [1.54, 1.807) is 0 Å². The van der Waals surface area contributed by atoms with Crippen LogP contribution in [-0.4, -0.2) is 37.2 Å². The molecular weight excluding hydrogens is 721 g/mol. The van der Waals surface area contributed by atoms with Gasteiger partial charge < -0.3 is 14.2 Å². The lowest BCUT2D eigenvalue weighted by molar-refractivity contribution is -0.167. The molecule has 1 unspecified atom stereocenters. The quantitative estimate of drug-likeness (QED) is 0.0201. The summed E-state index contributed by atoms with van der Waals surface area (Å²) < 4.78 is 16.7. The molecule has 0 aliphatic heterocycles. The summed E-state index contributed by atoms with van der Waals surface area (Å²) in [7, 11) is 0. The number of rotatable bonds is 41. The average molecular weight is 807 g/mol. The first-order valence-corrected chi connectivity index (χ1v) is 23.6. The van der Waals surface area contributed by atoms with Gasteiger partial charge in [0.05, 0.1) is 0 Å². The van der Waals surface area contributed by atoms with Crippen molar-refractivity contribution in [1.82, 2.24) is 0 Å². The number of carbonyl (C=O) groups excluding carboxylic acids is 3. The van der Waals surface area contributed by atoms with Gasteiger partial charge in [-0.2, -0.15) is 0 Å². The van der Waals surface area contributed by atoms with Crippen LogP contribution in [0.15, 0.2) is 85.1 Å². The van der Waals surface area contributed by atoms with E-state index in [4.69, 9.17) is 14.2 Å². The van der Waals surface area contributed by atoms with Gasteiger partial charge in [0, 0.05) is 19.3 Å². The lowest BCUT2D eigenvalue weighted by Gasteiger charge is -2.18. The van der Waals surface area contributed by atoms with Crippen molar-refractivity contribution in [3.05, 3.63) is 85.1 Å². The molecule has 0 bridgehead atoms. The molecule has 6 heteroatoms. The maximum atomic E-state index is 12.7. The van der Waals surface area contributed by atoms with Gasteiger partial charge in [0.1, 0.15) is 13.2 Å². The van der Waals surface area contributed by atoms with Gasteiger partial charge in [-0.1, -0.05) is 183 Å². The average Bonchev–Trinajstić information content (AvgIpc) is 3.22. The molecule has 330 valence electrons. The molecule has 0 heterocycles. The molecule has 0 aromatic rings. The lowest BCUT2D eigenvalue weighted by Crippen LogP contribution is -2.30. The van der Waals surface area contributed by atoms with Crippen molar-refractivity contribution >= 4 is 17.9 Å². The van der Waals surface area contributed by atoms with Crippen molar-refractivity contribution < 1.29 is 28.6 Å². The van der Waals surface area contributed by atoms with Crippen LogP contribution >= 0.6 is 0 Å². The second kappa shape index (κ2) is 46.3. The molecule has 0 aliphatic rings. The van der Waals surface area contributed by atoms with Crippen molar-refractivity contribution in [3.63, 3.8) is 0 Å². The number of ether oxygens (including phenoxy) is 3. The second-order valence-corrected chi connectivity index (χ2v) is 15.3. The fourth-order valence-corrected chi connectivity index (χ4v) is 6.14. The number of unbranched alkanes of at least 4 members (excludes halogenated alkanes) is 18. The van der Waals surface area contributed by atoms with Crippen LogP contribution < -0.4 is 0 Å². The molecule has 0 rings (SSSR count). The highest BCUT2D eigenvalue weighted by Crippen LogP contribution is 2.13. The summed E-state index contributed by atoms with van der Waals surface area (Å²) in [6.07, 6.45) is 58.5. The Morgan fingerprint density at radius 3 is 1.26 bits per heavy atom. The summed E-state index contributed by atoms with van der Waals surface area (Å²) >= 11 is 0. The monoisotopic (exact) mass is 807 g/mol. The third kappa shape index (κ3) is 43.7. The summed E-state index contributed by atoms with van der Waals surface area (Å²) in [6.45, 7) is 6.30. The Hall–Kier alpha value is -3.41. The first-order chi connectivity index (χ1) is 28.5. The minimum absolute atomic E-state index is 0.0949. The van der Waals surface area contributed by atoms with Gasteiger partial charge in [0.15, 0.2) is 6.10 Å². The largest absolute Gasteiger partial charge is 0.462 e. The Morgan fingerprint density at radius 1 is 0.379 bits per heavy atom. The van der Waals surface area contributed by atoms with E-state index in [1.807, 2.05) is 0 Å². The summed E-state index contributed by atoms with van der Waals surface area (Å²) in [5, 5.41) is 0. The molecule has 0 saturated carbocycles. The Balaban J connectivity index is 4.44. The zero-order valence-corrected chi connectivity index (χ0v) is 37.5. The van der Waals surface area contributed by atoms with Crippen molar-refractivity contribution in [3.8, 4) is 0 Å². The Bertz CT molecular complexity index is 1160. The normalized spacial score (nSPS) is 12.8. The Kier molecular flexibility index (Phi) is 43.6. The summed E-state index contributed by atoms with van der Waals surface area (Å²) in [6, 6.07) is 0. The molecular formula is C52H86O6. The predicted octanol–water partition coefficient (Wildman–Crippen LogP) is 15.3. The number of hydrogen-bond donors (Lipinski definition) is 0. The fourth-order valence-electron chi connectivity index (χ4n) is 6.14. The molecule has 1 atom stereocenters. The number of esters is 3. The van der Waals surface area contributed by atoms with Gasteiger partial charge in [-0.25, -0.2) is 0 Å². The van der Waals surface area contributed by atoms with Gasteiger partial charge in [-0.05, 0) is 89.9 Å². The van der Waals surface area contributed by atoms with Gasteiger partial charge in [-0.15, -0.1) is 0 Å². The summed E-state index contributed by atoms with van der Waals surface area (Å²) in [5.41, 5.74) is 0. The minimum Gasteiger partial charge on any atom is -0.462 e. The van der Waals surface area contributed by atoms with E-state index in [0.717, 1.165) is 122 Å². The van der Waals surface area contributed by atoms with Crippen molar-refractivity contribution in [2.45, 2.75) is 213 Å². The molecule has 0 fully saturated rings. The number of carbonyl (C=O) groups is 3. The molecule has 0 N–H and O–H groups in total. The molecule has 0 radical (unpaired) electrons. The van der Waals surface area contributed by atoms with Crippen molar-refractivity contribution in [1.29, 1.82) is 0 Å². The third-order valence-corrected chi connectivity index (χ3v) is 9.68. The maximum absolute atomic E-state index is 12.7. The van der Waals surface area contributed by atoms with Crippen LogP contribution in [0.3, 0.4) is 0 Å². The topological polar surface area (TPSA) is 78.9 Å². The lowest BCUT2D eigenvalue weighted by atomic mass is 10.1. The highest BCUT2D eigenvalue weighted by Gasteiger charge is 2.19. The molecule has 0 aliphatic carbocycles. The zero-order valence-electron chi connectivity index (χ0n) is 37.5. The van der Waals surface area contributed by atoms with Crippen LogP contribution in [0.5, 0.6) is 0 Å². The summed E-state index contributed by atoms with van der Waals surface area (Å²) in [4.78, 5) is 37.8. The highest BCUT2D eigenvalue weighted by molar-refractivity contribution is 5.71. The van der Waals surface area contributed by atoms with Gasteiger partial charge >= 0.3 is 17.9 Å². The van der Waals surface area contributed by atoms with E-state index in [-0.39, 0.29) is 31.1 Å². The maximum Gasteiger partial charge on any atom is 0.306 e. The molecule has 0 aromatic carbocycles. The van der Waals surface area contributed by atoms with Crippen molar-refractivity contribution in [2.24, 2.45) is 0 Å². The van der Waals surface area contributed by atoms with Crippen molar-refractivity contribution in [2.75, 3.05) is 13.2 Å². The summed E-state index contributed by atoms with van der Waals surface area (Å²) in [5.74, 6) is -0.944. The van der Waals surface area contributed by atoms with Crippen LogP contribution in [0.4, 0.5) is 0 Å². The molecule has 58 heavy (non-hydrogen) atoms. The SMILES string of the molecule is CC\C=C/C=C\C=C/CCCCCCCC(=O)OC(COC(=O)CCCCCCC/C=C\CCCC)COC(=O)CCCCCCCC/C=C\C/C=C\C/C=C\CC. The predicted molar refractivity (Wildman–Crippen MR) is 247 cm³/mol. The van der Waals surface area contributed by atoms with E-state index in [0.29, 0.717) is 19.3 Å². The van der Waals surface area contributed by atoms with E-state index < -0.39 is 6.10 Å². The van der Waals surface area contributed by atoms with Crippen LogP contribution in [0.25, 0.3) is 0 Å². The smallest absolute Gasteiger partial charge is 0.306 e. The van der Waals surface area contributed by atoms with Gasteiger partial charge in [-0.3, -0.25) is 14.4 Å². The zero-order chi connectivity index (χ0) is 42.3. The van der Waals surface area contributed by atoms with E-state index in [9.17, 15) is 14.4 Å². The van der Waals surface area contributed by atoms with E-state index >= 15 is 0 Å².